The third-order valence-corrected chi connectivity index (χ3v) is 10.2. The Kier molecular flexibility index (Phi) is 13.4. The number of aliphatic hydroxyl groups excluding tert-OH is 1. The van der Waals surface area contributed by atoms with Crippen LogP contribution in [0.5, 0.6) is 5.75 Å². The molecule has 0 bridgehead atoms. The number of rotatable bonds is 16. The summed E-state index contributed by atoms with van der Waals surface area (Å²) in [6, 6.07) is 20.4. The van der Waals surface area contributed by atoms with E-state index in [2.05, 4.69) is 39.8 Å². The van der Waals surface area contributed by atoms with Crippen molar-refractivity contribution in [2.45, 2.75) is 72.1 Å². The predicted molar refractivity (Wildman–Crippen MR) is 218 cm³/mol. The molecule has 1 saturated heterocycles. The first-order chi connectivity index (χ1) is 27.0. The number of aryl methyl sites for hydroxylation is 3. The monoisotopic (exact) mass is 767 g/mol. The number of para-hydroxylation sites is 1. The Balaban J connectivity index is 1.40. The summed E-state index contributed by atoms with van der Waals surface area (Å²) in [7, 11) is 3.59. The third kappa shape index (κ3) is 9.37. The summed E-state index contributed by atoms with van der Waals surface area (Å²) in [6.45, 7) is 12.6. The van der Waals surface area contributed by atoms with Gasteiger partial charge in [-0.3, -0.25) is 9.58 Å². The molecule has 5 aromatic rings. The van der Waals surface area contributed by atoms with Crippen molar-refractivity contribution in [1.82, 2.24) is 24.1 Å². The Morgan fingerprint density at radius 3 is 2.43 bits per heavy atom. The smallest absolute Gasteiger partial charge is 0.410 e. The molecule has 0 aliphatic carbocycles. The van der Waals surface area contributed by atoms with Crippen LogP contribution < -0.4 is 4.74 Å². The second-order valence-electron chi connectivity index (χ2n) is 15.3. The van der Waals surface area contributed by atoms with Crippen LogP contribution in [-0.4, -0.2) is 107 Å². The van der Waals surface area contributed by atoms with E-state index >= 15 is 0 Å². The van der Waals surface area contributed by atoms with Gasteiger partial charge in [0, 0.05) is 75.1 Å². The molecular weight excluding hydrogens is 711 g/mol. The average Bonchev–Trinajstić information content (AvgIpc) is 3.68. The molecule has 1 aliphatic rings. The quantitative estimate of drug-likeness (QED) is 0.0836. The number of nitrogens with zero attached hydrogens (tertiary/aromatic N) is 5. The van der Waals surface area contributed by atoms with Crippen molar-refractivity contribution in [2.75, 3.05) is 59.7 Å². The first kappa shape index (κ1) is 40.7. The number of morpholine rings is 1. The highest BCUT2D eigenvalue weighted by atomic mass is 16.6. The van der Waals surface area contributed by atoms with E-state index in [9.17, 15) is 14.7 Å². The van der Waals surface area contributed by atoms with Crippen LogP contribution in [-0.2, 0) is 47.3 Å². The molecule has 3 aromatic carbocycles. The second-order valence-corrected chi connectivity index (χ2v) is 15.3. The van der Waals surface area contributed by atoms with Gasteiger partial charge in [0.1, 0.15) is 17.0 Å². The molecule has 3 heterocycles. The summed E-state index contributed by atoms with van der Waals surface area (Å²) in [6.07, 6.45) is 2.05. The molecule has 56 heavy (non-hydrogen) atoms. The zero-order chi connectivity index (χ0) is 39.8. The van der Waals surface area contributed by atoms with Gasteiger partial charge in [-0.05, 0) is 64.0 Å². The highest BCUT2D eigenvalue weighted by molar-refractivity contribution is 6.05. The largest absolute Gasteiger partial charge is 0.493 e. The Labute approximate surface area is 329 Å². The molecule has 12 heteroatoms. The number of hydrogen-bond donors (Lipinski definition) is 1. The van der Waals surface area contributed by atoms with Gasteiger partial charge in [0.2, 0.25) is 0 Å². The number of aromatic nitrogens is 3. The molecule has 12 nitrogen and oxygen atoms in total. The highest BCUT2D eigenvalue weighted by Gasteiger charge is 2.29. The summed E-state index contributed by atoms with van der Waals surface area (Å²) < 4.78 is 27.1. The van der Waals surface area contributed by atoms with Crippen LogP contribution in [0.2, 0.25) is 0 Å². The maximum atomic E-state index is 14.1. The fraction of sp³-hybridized carbons (Fsp3) is 0.477. The number of hydrogen-bond acceptors (Lipinski definition) is 9. The van der Waals surface area contributed by atoms with Crippen LogP contribution >= 0.6 is 0 Å². The van der Waals surface area contributed by atoms with Gasteiger partial charge in [0.05, 0.1) is 49.9 Å². The molecule has 1 fully saturated rings. The molecule has 2 aromatic heterocycles. The minimum absolute atomic E-state index is 0.197. The van der Waals surface area contributed by atoms with Gasteiger partial charge >= 0.3 is 12.1 Å². The van der Waals surface area contributed by atoms with E-state index in [0.717, 1.165) is 69.4 Å². The second kappa shape index (κ2) is 18.4. The summed E-state index contributed by atoms with van der Waals surface area (Å²) >= 11 is 0. The van der Waals surface area contributed by atoms with Crippen LogP contribution in [0.15, 0.2) is 60.7 Å². The van der Waals surface area contributed by atoms with E-state index < -0.39 is 17.7 Å². The fourth-order valence-electron chi connectivity index (χ4n) is 7.62. The Morgan fingerprint density at radius 2 is 1.68 bits per heavy atom. The molecule has 300 valence electrons. The zero-order valence-electron chi connectivity index (χ0n) is 33.8. The molecule has 0 atom stereocenters. The molecule has 0 radical (unpaired) electrons. The van der Waals surface area contributed by atoms with E-state index in [-0.39, 0.29) is 13.2 Å². The lowest BCUT2D eigenvalue weighted by Crippen LogP contribution is -2.37. The molecule has 1 amide bonds. The first-order valence-electron chi connectivity index (χ1n) is 19.8. The van der Waals surface area contributed by atoms with Gasteiger partial charge in [0.15, 0.2) is 0 Å². The van der Waals surface area contributed by atoms with E-state index in [0.29, 0.717) is 70.0 Å². The molecular formula is C44H57N5O7. The number of esters is 1. The maximum Gasteiger partial charge on any atom is 0.410 e. The average molecular weight is 768 g/mol. The van der Waals surface area contributed by atoms with E-state index in [1.807, 2.05) is 65.1 Å². The minimum Gasteiger partial charge on any atom is -0.493 e. The lowest BCUT2D eigenvalue weighted by Gasteiger charge is -2.26. The van der Waals surface area contributed by atoms with Gasteiger partial charge in [-0.15, -0.1) is 0 Å². The highest BCUT2D eigenvalue weighted by Crippen LogP contribution is 2.39. The Morgan fingerprint density at radius 1 is 0.946 bits per heavy atom. The van der Waals surface area contributed by atoms with Crippen molar-refractivity contribution in [3.63, 3.8) is 0 Å². The predicted octanol–water partition coefficient (Wildman–Crippen LogP) is 7.01. The number of carbonyl (C=O) groups is 2. The van der Waals surface area contributed by atoms with E-state index in [1.165, 1.54) is 0 Å². The number of aliphatic hydroxyl groups is 1. The summed E-state index contributed by atoms with van der Waals surface area (Å²) in [5.41, 5.74) is 4.98. The van der Waals surface area contributed by atoms with Crippen molar-refractivity contribution < 1.29 is 33.6 Å². The van der Waals surface area contributed by atoms with Crippen LogP contribution in [0.3, 0.4) is 0 Å². The first-order valence-corrected chi connectivity index (χ1v) is 19.8. The number of fused-ring (bicyclic) bond motifs is 2. The number of carbonyl (C=O) groups excluding carboxylic acids is 2. The van der Waals surface area contributed by atoms with Gasteiger partial charge in [-0.1, -0.05) is 54.6 Å². The SMILES string of the molecule is CCOC(=O)c1c(CCCOc2cccc3ccccc23)c2cccc(-c3c(CCN4CCOCC4)nn(C)c3CO)c2n1CCCN(C)C(=O)OC(C)(C)C. The molecule has 0 spiro atoms. The Bertz CT molecular complexity index is 2120. The van der Waals surface area contributed by atoms with E-state index in [4.69, 9.17) is 24.0 Å². The van der Waals surface area contributed by atoms with Crippen molar-refractivity contribution in [3.05, 3.63) is 83.3 Å². The van der Waals surface area contributed by atoms with Crippen molar-refractivity contribution in [1.29, 1.82) is 0 Å². The van der Waals surface area contributed by atoms with Crippen LogP contribution in [0.4, 0.5) is 4.79 Å². The van der Waals surface area contributed by atoms with E-state index in [1.54, 1.807) is 16.6 Å². The summed E-state index contributed by atoms with van der Waals surface area (Å²) in [5, 5.41) is 18.8. The van der Waals surface area contributed by atoms with Crippen LogP contribution in [0.25, 0.3) is 32.8 Å². The van der Waals surface area contributed by atoms with Crippen LogP contribution in [0.1, 0.15) is 68.0 Å². The van der Waals surface area contributed by atoms with Crippen molar-refractivity contribution in [3.8, 4) is 16.9 Å². The number of benzene rings is 3. The summed E-state index contributed by atoms with van der Waals surface area (Å²) in [5.74, 6) is 0.423. The van der Waals surface area contributed by atoms with Gasteiger partial charge in [0.25, 0.3) is 0 Å². The maximum absolute atomic E-state index is 14.1. The number of amides is 1. The lowest BCUT2D eigenvalue weighted by molar-refractivity contribution is 0.0294. The molecule has 1 aliphatic heterocycles. The lowest BCUT2D eigenvalue weighted by atomic mass is 9.97. The van der Waals surface area contributed by atoms with Crippen molar-refractivity contribution in [2.24, 2.45) is 7.05 Å². The normalized spacial score (nSPS) is 13.7. The molecule has 1 N–H and O–H groups in total. The molecule has 0 unspecified atom stereocenters. The van der Waals surface area contributed by atoms with Gasteiger partial charge < -0.3 is 33.5 Å². The minimum atomic E-state index is -0.617. The number of ether oxygens (including phenoxy) is 4. The fourth-order valence-corrected chi connectivity index (χ4v) is 7.62. The molecule has 6 rings (SSSR count). The third-order valence-electron chi connectivity index (χ3n) is 10.2. The van der Waals surface area contributed by atoms with Crippen molar-refractivity contribution >= 4 is 33.7 Å². The molecule has 0 saturated carbocycles. The Hall–Kier alpha value is -4.91. The standard InChI is InChI=1S/C44H57N5O7/c1-7-54-42(51)41-34(19-12-27-55-38-20-10-15-31-14-8-9-16-32(31)38)33-17-11-18-35(40(33)49(41)23-13-22-46(5)43(52)56-44(2,3)4)39-36(45-47(6)37(39)30-50)21-24-48-25-28-53-29-26-48/h8-11,14-18,20,50H,7,12-13,19,21-30H2,1-6H3. The van der Waals surface area contributed by atoms with Gasteiger partial charge in [-0.25, -0.2) is 9.59 Å². The van der Waals surface area contributed by atoms with Crippen LogP contribution in [0, 0.1) is 0 Å². The zero-order valence-corrected chi connectivity index (χ0v) is 33.8. The topological polar surface area (TPSA) is 121 Å². The summed E-state index contributed by atoms with van der Waals surface area (Å²) in [4.78, 5) is 30.9. The van der Waals surface area contributed by atoms with Gasteiger partial charge in [-0.2, -0.15) is 5.10 Å².